The number of nitrogens with zero attached hydrogens (tertiary/aromatic N) is 3. The van der Waals surface area contributed by atoms with Gasteiger partial charge in [-0.25, -0.2) is 15.0 Å². The summed E-state index contributed by atoms with van der Waals surface area (Å²) in [6.07, 6.45) is 2.13. The van der Waals surface area contributed by atoms with Crippen molar-refractivity contribution in [1.29, 1.82) is 0 Å². The number of carbonyl (C=O) groups is 2. The van der Waals surface area contributed by atoms with Gasteiger partial charge in [0.1, 0.15) is 17.1 Å². The van der Waals surface area contributed by atoms with Gasteiger partial charge in [0, 0.05) is 12.8 Å². The SMILES string of the molecule is CC1(C)CC(=O)C(Sc2nc3ncnc(N)c3[nH]2)C(=O)C1. The standard InChI is InChI=1S/C13H15N5O2S/c1-13(2)3-6(19)9(7(20)4-13)21-12-17-8-10(14)15-5-16-11(8)18-12/h5,9H,3-4H2,1-2H3,(H3,14,15,16,17,18). The molecule has 0 radical (unpaired) electrons. The molecular weight excluding hydrogens is 290 g/mol. The fourth-order valence-electron chi connectivity index (χ4n) is 2.49. The molecule has 2 aromatic heterocycles. The van der Waals surface area contributed by atoms with Crippen molar-refractivity contribution < 1.29 is 9.59 Å². The monoisotopic (exact) mass is 305 g/mol. The summed E-state index contributed by atoms with van der Waals surface area (Å²) in [4.78, 5) is 39.4. The first-order valence-corrected chi connectivity index (χ1v) is 7.42. The molecule has 2 aromatic rings. The van der Waals surface area contributed by atoms with Gasteiger partial charge in [-0.15, -0.1) is 0 Å². The number of imidazole rings is 1. The number of nitrogen functional groups attached to an aromatic ring is 1. The van der Waals surface area contributed by atoms with Crippen LogP contribution in [0.3, 0.4) is 0 Å². The third-order valence-electron chi connectivity index (χ3n) is 3.42. The number of Topliss-reactive ketones (excluding diaryl/α,β-unsaturated/α-hetero) is 2. The molecule has 0 amide bonds. The summed E-state index contributed by atoms with van der Waals surface area (Å²) in [7, 11) is 0. The van der Waals surface area contributed by atoms with Gasteiger partial charge in [0.2, 0.25) is 0 Å². The predicted octanol–water partition coefficient (Wildman–Crippen LogP) is 1.35. The molecule has 110 valence electrons. The van der Waals surface area contributed by atoms with Gasteiger partial charge in [-0.05, 0) is 5.41 Å². The van der Waals surface area contributed by atoms with Gasteiger partial charge in [0.15, 0.2) is 28.2 Å². The van der Waals surface area contributed by atoms with E-state index in [-0.39, 0.29) is 17.0 Å². The molecule has 3 N–H and O–H groups in total. The zero-order valence-corrected chi connectivity index (χ0v) is 12.5. The zero-order valence-electron chi connectivity index (χ0n) is 11.7. The molecule has 1 saturated carbocycles. The van der Waals surface area contributed by atoms with Crippen LogP contribution >= 0.6 is 11.8 Å². The Kier molecular flexibility index (Phi) is 3.20. The van der Waals surface area contributed by atoms with Gasteiger partial charge < -0.3 is 10.7 Å². The number of fused-ring (bicyclic) bond motifs is 1. The van der Waals surface area contributed by atoms with E-state index < -0.39 is 5.25 Å². The number of thioether (sulfide) groups is 1. The van der Waals surface area contributed by atoms with E-state index in [4.69, 9.17) is 5.73 Å². The Labute approximate surface area is 125 Å². The number of carbonyl (C=O) groups excluding carboxylic acids is 2. The zero-order chi connectivity index (χ0) is 15.2. The van der Waals surface area contributed by atoms with Crippen LogP contribution in [-0.2, 0) is 9.59 Å². The summed E-state index contributed by atoms with van der Waals surface area (Å²) in [6, 6.07) is 0. The molecule has 0 unspecified atom stereocenters. The number of hydrogen-bond donors (Lipinski definition) is 2. The maximum atomic E-state index is 12.2. The van der Waals surface area contributed by atoms with Crippen molar-refractivity contribution >= 4 is 40.3 Å². The van der Waals surface area contributed by atoms with Gasteiger partial charge in [-0.1, -0.05) is 25.6 Å². The molecule has 1 aliphatic carbocycles. The number of aromatic amines is 1. The molecule has 2 heterocycles. The van der Waals surface area contributed by atoms with Gasteiger partial charge in [0.05, 0.1) is 0 Å². The lowest BCUT2D eigenvalue weighted by Crippen LogP contribution is -2.39. The second-order valence-corrected chi connectivity index (χ2v) is 7.04. The van der Waals surface area contributed by atoms with Crippen LogP contribution < -0.4 is 5.73 Å². The van der Waals surface area contributed by atoms with E-state index in [1.807, 2.05) is 13.8 Å². The topological polar surface area (TPSA) is 115 Å². The molecule has 7 nitrogen and oxygen atoms in total. The van der Waals surface area contributed by atoms with Crippen LogP contribution in [0.25, 0.3) is 11.2 Å². The summed E-state index contributed by atoms with van der Waals surface area (Å²) in [5.74, 6) is 0.184. The number of rotatable bonds is 2. The maximum Gasteiger partial charge on any atom is 0.183 e. The van der Waals surface area contributed by atoms with Crippen LogP contribution in [0.5, 0.6) is 0 Å². The number of nitrogens with one attached hydrogen (secondary N) is 1. The average molecular weight is 305 g/mol. The van der Waals surface area contributed by atoms with E-state index >= 15 is 0 Å². The van der Waals surface area contributed by atoms with Crippen molar-refractivity contribution in [2.24, 2.45) is 5.41 Å². The molecule has 0 aliphatic heterocycles. The molecule has 1 fully saturated rings. The van der Waals surface area contributed by atoms with Crippen molar-refractivity contribution in [2.75, 3.05) is 5.73 Å². The van der Waals surface area contributed by atoms with Crippen molar-refractivity contribution in [3.63, 3.8) is 0 Å². The third-order valence-corrected chi connectivity index (χ3v) is 4.59. The van der Waals surface area contributed by atoms with E-state index in [0.717, 1.165) is 11.8 Å². The van der Waals surface area contributed by atoms with E-state index in [2.05, 4.69) is 19.9 Å². The predicted molar refractivity (Wildman–Crippen MR) is 78.8 cm³/mol. The van der Waals surface area contributed by atoms with Crippen molar-refractivity contribution in [3.8, 4) is 0 Å². The summed E-state index contributed by atoms with van der Waals surface area (Å²) in [5, 5.41) is -0.239. The van der Waals surface area contributed by atoms with Gasteiger partial charge in [-0.3, -0.25) is 9.59 Å². The Bertz CT molecular complexity index is 719. The molecule has 0 bridgehead atoms. The Balaban J connectivity index is 1.87. The van der Waals surface area contributed by atoms with E-state index in [9.17, 15) is 9.59 Å². The molecule has 0 atom stereocenters. The first-order valence-electron chi connectivity index (χ1n) is 6.54. The number of ketones is 2. The highest BCUT2D eigenvalue weighted by Crippen LogP contribution is 2.37. The van der Waals surface area contributed by atoms with E-state index in [1.165, 1.54) is 6.33 Å². The Morgan fingerprint density at radius 2 is 1.95 bits per heavy atom. The quantitative estimate of drug-likeness (QED) is 0.805. The highest BCUT2D eigenvalue weighted by Gasteiger charge is 2.40. The van der Waals surface area contributed by atoms with Crippen molar-refractivity contribution in [2.45, 2.75) is 37.1 Å². The lowest BCUT2D eigenvalue weighted by atomic mass is 9.76. The van der Waals surface area contributed by atoms with E-state index in [0.29, 0.717) is 35.0 Å². The average Bonchev–Trinajstić information content (AvgIpc) is 2.77. The molecule has 0 spiro atoms. The van der Waals surface area contributed by atoms with E-state index in [1.54, 1.807) is 0 Å². The van der Waals surface area contributed by atoms with Gasteiger partial charge >= 0.3 is 0 Å². The molecular formula is C13H15N5O2S. The highest BCUT2D eigenvalue weighted by molar-refractivity contribution is 8.01. The molecule has 0 saturated heterocycles. The Morgan fingerprint density at radius 1 is 1.29 bits per heavy atom. The molecule has 0 aromatic carbocycles. The van der Waals surface area contributed by atoms with Gasteiger partial charge in [-0.2, -0.15) is 0 Å². The second-order valence-electron chi connectivity index (χ2n) is 5.95. The summed E-state index contributed by atoms with van der Waals surface area (Å²) >= 11 is 1.13. The number of H-pyrrole nitrogens is 1. The summed E-state index contributed by atoms with van der Waals surface area (Å²) < 4.78 is 0. The molecule has 21 heavy (non-hydrogen) atoms. The second kappa shape index (κ2) is 4.80. The Morgan fingerprint density at radius 3 is 2.57 bits per heavy atom. The van der Waals surface area contributed by atoms with Crippen LogP contribution in [0.2, 0.25) is 0 Å². The maximum absolute atomic E-state index is 12.2. The van der Waals surface area contributed by atoms with Gasteiger partial charge in [0.25, 0.3) is 0 Å². The lowest BCUT2D eigenvalue weighted by Gasteiger charge is -2.31. The first kappa shape index (κ1) is 14.0. The first-order chi connectivity index (χ1) is 9.85. The van der Waals surface area contributed by atoms with Crippen molar-refractivity contribution in [1.82, 2.24) is 19.9 Å². The highest BCUT2D eigenvalue weighted by atomic mass is 32.2. The lowest BCUT2D eigenvalue weighted by molar-refractivity contribution is -0.132. The Hall–Kier alpha value is -1.96. The summed E-state index contributed by atoms with van der Waals surface area (Å²) in [6.45, 7) is 3.86. The number of aromatic nitrogens is 4. The number of anilines is 1. The largest absolute Gasteiger partial charge is 0.382 e. The normalized spacial score (nSPS) is 19.3. The minimum Gasteiger partial charge on any atom is -0.382 e. The number of nitrogens with two attached hydrogens (primary N) is 1. The van der Waals surface area contributed by atoms with Crippen molar-refractivity contribution in [3.05, 3.63) is 6.33 Å². The number of hydrogen-bond acceptors (Lipinski definition) is 7. The van der Waals surface area contributed by atoms with Crippen LogP contribution in [-0.4, -0.2) is 36.8 Å². The van der Waals surface area contributed by atoms with Crippen LogP contribution in [0, 0.1) is 5.41 Å². The molecule has 3 rings (SSSR count). The minimum atomic E-state index is -0.701. The summed E-state index contributed by atoms with van der Waals surface area (Å²) in [5.41, 5.74) is 6.43. The molecule has 1 aliphatic rings. The fourth-order valence-corrected chi connectivity index (χ4v) is 3.45. The van der Waals surface area contributed by atoms with Crippen LogP contribution in [0.1, 0.15) is 26.7 Å². The molecule has 8 heteroatoms. The third kappa shape index (κ3) is 2.63. The smallest absolute Gasteiger partial charge is 0.183 e. The fraction of sp³-hybridized carbons (Fsp3) is 0.462. The van der Waals surface area contributed by atoms with Crippen LogP contribution in [0.15, 0.2) is 11.5 Å². The minimum absolute atomic E-state index is 0.0548. The van der Waals surface area contributed by atoms with Crippen LogP contribution in [0.4, 0.5) is 5.82 Å².